The maximum atomic E-state index is 6.05. The molecule has 0 saturated heterocycles. The first-order valence-electron chi connectivity index (χ1n) is 5.49. The van der Waals surface area contributed by atoms with Gasteiger partial charge in [0.25, 0.3) is 0 Å². The first-order chi connectivity index (χ1) is 6.36. The molecule has 13 heavy (non-hydrogen) atoms. The van der Waals surface area contributed by atoms with E-state index in [0.29, 0.717) is 6.04 Å². The first-order valence-corrected chi connectivity index (χ1v) is 5.49. The fourth-order valence-corrected chi connectivity index (χ4v) is 2.48. The number of rotatable bonds is 2. The summed E-state index contributed by atoms with van der Waals surface area (Å²) in [4.78, 5) is 2.54. The molecule has 2 unspecified atom stereocenters. The minimum absolute atomic E-state index is 0.478. The monoisotopic (exact) mass is 180 g/mol. The fourth-order valence-electron chi connectivity index (χ4n) is 2.48. The Hall–Kier alpha value is -0.340. The van der Waals surface area contributed by atoms with Crippen LogP contribution in [-0.2, 0) is 0 Å². The highest BCUT2D eigenvalue weighted by atomic mass is 15.1. The highest BCUT2D eigenvalue weighted by molar-refractivity contribution is 4.92. The summed E-state index contributed by atoms with van der Waals surface area (Å²) in [6, 6.07) is 0.478. The second kappa shape index (κ2) is 4.25. The molecule has 0 spiro atoms. The molecule has 2 aliphatic rings. The summed E-state index contributed by atoms with van der Waals surface area (Å²) in [6.07, 6.45) is 9.72. The molecule has 1 fully saturated rings. The van der Waals surface area contributed by atoms with Gasteiger partial charge in [0.2, 0.25) is 0 Å². The topological polar surface area (TPSA) is 29.3 Å². The molecule has 74 valence electrons. The Bertz CT molecular complexity index is 189. The van der Waals surface area contributed by atoms with Crippen LogP contribution in [0.4, 0.5) is 0 Å². The lowest BCUT2D eigenvalue weighted by molar-refractivity contribution is 0.240. The van der Waals surface area contributed by atoms with Crippen molar-refractivity contribution in [1.82, 2.24) is 4.90 Å². The van der Waals surface area contributed by atoms with E-state index >= 15 is 0 Å². The van der Waals surface area contributed by atoms with Crippen LogP contribution >= 0.6 is 0 Å². The van der Waals surface area contributed by atoms with Crippen molar-refractivity contribution < 1.29 is 0 Å². The highest BCUT2D eigenvalue weighted by Crippen LogP contribution is 2.25. The highest BCUT2D eigenvalue weighted by Gasteiger charge is 2.25. The maximum absolute atomic E-state index is 6.05. The summed E-state index contributed by atoms with van der Waals surface area (Å²) < 4.78 is 0. The van der Waals surface area contributed by atoms with E-state index in [1.807, 2.05) is 0 Å². The van der Waals surface area contributed by atoms with Gasteiger partial charge in [0.15, 0.2) is 0 Å². The zero-order valence-corrected chi connectivity index (χ0v) is 8.28. The van der Waals surface area contributed by atoms with Crippen LogP contribution < -0.4 is 5.73 Å². The summed E-state index contributed by atoms with van der Waals surface area (Å²) >= 11 is 0. The number of hydrogen-bond donors (Lipinski definition) is 1. The van der Waals surface area contributed by atoms with Crippen LogP contribution in [0.25, 0.3) is 0 Å². The molecule has 0 radical (unpaired) electrons. The van der Waals surface area contributed by atoms with E-state index in [2.05, 4.69) is 17.1 Å². The Labute approximate surface area is 80.8 Å². The van der Waals surface area contributed by atoms with Crippen molar-refractivity contribution in [3.05, 3.63) is 12.2 Å². The van der Waals surface area contributed by atoms with Gasteiger partial charge in [-0.25, -0.2) is 0 Å². The Morgan fingerprint density at radius 2 is 2.23 bits per heavy atom. The Balaban J connectivity index is 1.79. The van der Waals surface area contributed by atoms with Crippen LogP contribution in [0, 0.1) is 5.92 Å². The largest absolute Gasteiger partial charge is 0.327 e. The van der Waals surface area contributed by atoms with Crippen molar-refractivity contribution in [2.75, 3.05) is 19.6 Å². The Kier molecular flexibility index (Phi) is 3.01. The molecule has 2 N–H and O–H groups in total. The van der Waals surface area contributed by atoms with Crippen LogP contribution in [0.1, 0.15) is 25.7 Å². The Morgan fingerprint density at radius 1 is 1.31 bits per heavy atom. The summed E-state index contributed by atoms with van der Waals surface area (Å²) in [5, 5.41) is 0. The van der Waals surface area contributed by atoms with Gasteiger partial charge >= 0.3 is 0 Å². The minimum Gasteiger partial charge on any atom is -0.327 e. The third-order valence-electron chi connectivity index (χ3n) is 3.35. The molecule has 2 rings (SSSR count). The summed E-state index contributed by atoms with van der Waals surface area (Å²) in [5.74, 6) is 0.770. The average molecular weight is 180 g/mol. The van der Waals surface area contributed by atoms with Gasteiger partial charge in [-0.2, -0.15) is 0 Å². The minimum atomic E-state index is 0.478. The first kappa shape index (κ1) is 9.22. The van der Waals surface area contributed by atoms with Crippen molar-refractivity contribution in [3.63, 3.8) is 0 Å². The molecule has 0 amide bonds. The van der Waals surface area contributed by atoms with Crippen molar-refractivity contribution in [2.45, 2.75) is 31.7 Å². The van der Waals surface area contributed by atoms with Gasteiger partial charge in [-0.15, -0.1) is 0 Å². The van der Waals surface area contributed by atoms with Gasteiger partial charge in [-0.05, 0) is 25.2 Å². The van der Waals surface area contributed by atoms with Crippen LogP contribution in [0.2, 0.25) is 0 Å². The molecule has 1 heterocycles. The van der Waals surface area contributed by atoms with Gasteiger partial charge in [-0.3, -0.25) is 4.90 Å². The summed E-state index contributed by atoms with van der Waals surface area (Å²) in [5.41, 5.74) is 6.05. The van der Waals surface area contributed by atoms with Crippen LogP contribution in [0.3, 0.4) is 0 Å². The number of hydrogen-bond acceptors (Lipinski definition) is 2. The lowest BCUT2D eigenvalue weighted by atomic mass is 10.0. The lowest BCUT2D eigenvalue weighted by Gasteiger charge is -2.27. The third kappa shape index (κ3) is 2.32. The SMILES string of the molecule is NC1CCCC1CN1CC=CCC1. The second-order valence-electron chi connectivity index (χ2n) is 4.37. The standard InChI is InChI=1S/C11H20N2/c12-11-6-4-5-10(11)9-13-7-2-1-3-8-13/h1-2,10-11H,3-9,12H2. The van der Waals surface area contributed by atoms with Gasteiger partial charge < -0.3 is 5.73 Å². The van der Waals surface area contributed by atoms with Crippen LogP contribution in [0.15, 0.2) is 12.2 Å². The molecule has 0 aromatic carbocycles. The Morgan fingerprint density at radius 3 is 2.85 bits per heavy atom. The maximum Gasteiger partial charge on any atom is 0.0163 e. The molecule has 2 atom stereocenters. The van der Waals surface area contributed by atoms with Crippen LogP contribution in [0.5, 0.6) is 0 Å². The molecule has 0 aromatic rings. The van der Waals surface area contributed by atoms with E-state index in [1.165, 1.54) is 38.8 Å². The van der Waals surface area contributed by atoms with Gasteiger partial charge in [0, 0.05) is 25.7 Å². The molecular weight excluding hydrogens is 160 g/mol. The quantitative estimate of drug-likeness (QED) is 0.650. The fraction of sp³-hybridized carbons (Fsp3) is 0.818. The van der Waals surface area contributed by atoms with Gasteiger partial charge in [0.1, 0.15) is 0 Å². The molecule has 2 heteroatoms. The van der Waals surface area contributed by atoms with E-state index in [-0.39, 0.29) is 0 Å². The van der Waals surface area contributed by atoms with E-state index in [9.17, 15) is 0 Å². The summed E-state index contributed by atoms with van der Waals surface area (Å²) in [7, 11) is 0. The average Bonchev–Trinajstić information content (AvgIpc) is 2.54. The lowest BCUT2D eigenvalue weighted by Crippen LogP contribution is -2.37. The normalized spacial score (nSPS) is 35.5. The van der Waals surface area contributed by atoms with E-state index in [4.69, 9.17) is 5.73 Å². The second-order valence-corrected chi connectivity index (χ2v) is 4.37. The summed E-state index contributed by atoms with van der Waals surface area (Å²) in [6.45, 7) is 3.61. The predicted octanol–water partition coefficient (Wildman–Crippen LogP) is 1.38. The van der Waals surface area contributed by atoms with Crippen molar-refractivity contribution in [3.8, 4) is 0 Å². The van der Waals surface area contributed by atoms with Crippen LogP contribution in [-0.4, -0.2) is 30.6 Å². The smallest absolute Gasteiger partial charge is 0.0163 e. The number of nitrogens with two attached hydrogens (primary N) is 1. The molecule has 2 nitrogen and oxygen atoms in total. The van der Waals surface area contributed by atoms with E-state index in [1.54, 1.807) is 0 Å². The van der Waals surface area contributed by atoms with Crippen molar-refractivity contribution in [1.29, 1.82) is 0 Å². The zero-order valence-electron chi connectivity index (χ0n) is 8.28. The third-order valence-corrected chi connectivity index (χ3v) is 3.35. The molecule has 1 saturated carbocycles. The van der Waals surface area contributed by atoms with Crippen molar-refractivity contribution >= 4 is 0 Å². The molecular formula is C11H20N2. The zero-order chi connectivity index (χ0) is 9.10. The van der Waals surface area contributed by atoms with Crippen molar-refractivity contribution in [2.24, 2.45) is 11.7 Å². The van der Waals surface area contributed by atoms with Gasteiger partial charge in [0.05, 0.1) is 0 Å². The molecule has 1 aliphatic carbocycles. The molecule has 1 aliphatic heterocycles. The predicted molar refractivity (Wildman–Crippen MR) is 55.5 cm³/mol. The van der Waals surface area contributed by atoms with E-state index in [0.717, 1.165) is 12.5 Å². The van der Waals surface area contributed by atoms with E-state index < -0.39 is 0 Å². The molecule has 0 bridgehead atoms. The van der Waals surface area contributed by atoms with Gasteiger partial charge in [-0.1, -0.05) is 18.6 Å². The molecule has 0 aromatic heterocycles. The number of nitrogens with zero attached hydrogens (tertiary/aromatic N) is 1.